The summed E-state index contributed by atoms with van der Waals surface area (Å²) in [5.41, 5.74) is 0. The van der Waals surface area contributed by atoms with Crippen LogP contribution in [0.2, 0.25) is 0 Å². The van der Waals surface area contributed by atoms with Gasteiger partial charge in [0.15, 0.2) is 17.4 Å². The number of hydrogen-bond acceptors (Lipinski definition) is 3. The third kappa shape index (κ3) is 2.68. The van der Waals surface area contributed by atoms with Gasteiger partial charge in [-0.2, -0.15) is 0 Å². The third-order valence-electron chi connectivity index (χ3n) is 2.22. The number of aromatic hydroxyl groups is 1. The lowest BCUT2D eigenvalue weighted by molar-refractivity contribution is -0.138. The van der Waals surface area contributed by atoms with Crippen molar-refractivity contribution in [1.82, 2.24) is 0 Å². The molecular formula is C11H12F2O3. The lowest BCUT2D eigenvalue weighted by Gasteiger charge is -2.09. The second-order valence-electron chi connectivity index (χ2n) is 3.47. The summed E-state index contributed by atoms with van der Waals surface area (Å²) in [6.45, 7) is 3.44. The smallest absolute Gasteiger partial charge is 0.314 e. The summed E-state index contributed by atoms with van der Waals surface area (Å²) in [5, 5.41) is 8.83. The Bertz CT molecular complexity index is 381. The van der Waals surface area contributed by atoms with Crippen LogP contribution < -0.4 is 4.74 Å². The van der Waals surface area contributed by atoms with Crippen molar-refractivity contribution in [2.75, 3.05) is 0 Å². The molecule has 0 heterocycles. The molecule has 0 aliphatic rings. The Morgan fingerprint density at radius 3 is 2.38 bits per heavy atom. The van der Waals surface area contributed by atoms with E-state index in [-0.39, 0.29) is 11.7 Å². The number of ether oxygens (including phenoxy) is 1. The van der Waals surface area contributed by atoms with Gasteiger partial charge in [-0.1, -0.05) is 13.8 Å². The molecule has 1 atom stereocenters. The number of phenols is 1. The Kier molecular flexibility index (Phi) is 3.82. The van der Waals surface area contributed by atoms with E-state index in [1.165, 1.54) is 0 Å². The molecule has 0 spiro atoms. The molecule has 1 rings (SSSR count). The number of benzene rings is 1. The number of esters is 1. The largest absolute Gasteiger partial charge is 0.503 e. The van der Waals surface area contributed by atoms with Crippen molar-refractivity contribution in [2.45, 2.75) is 20.3 Å². The van der Waals surface area contributed by atoms with Gasteiger partial charge in [-0.25, -0.2) is 8.78 Å². The van der Waals surface area contributed by atoms with E-state index in [9.17, 15) is 13.6 Å². The van der Waals surface area contributed by atoms with E-state index in [4.69, 9.17) is 9.84 Å². The molecule has 16 heavy (non-hydrogen) atoms. The highest BCUT2D eigenvalue weighted by Gasteiger charge is 2.16. The predicted octanol–water partition coefficient (Wildman–Crippen LogP) is 2.62. The van der Waals surface area contributed by atoms with E-state index in [0.29, 0.717) is 6.42 Å². The summed E-state index contributed by atoms with van der Waals surface area (Å²) >= 11 is 0. The minimum Gasteiger partial charge on any atom is -0.503 e. The molecule has 5 heteroatoms. The molecule has 0 saturated carbocycles. The van der Waals surface area contributed by atoms with Crippen molar-refractivity contribution in [3.05, 3.63) is 23.8 Å². The van der Waals surface area contributed by atoms with Crippen LogP contribution in [0.4, 0.5) is 8.78 Å². The zero-order chi connectivity index (χ0) is 12.3. The fourth-order valence-electron chi connectivity index (χ4n) is 0.985. The Hall–Kier alpha value is -1.65. The van der Waals surface area contributed by atoms with E-state index < -0.39 is 23.4 Å². The van der Waals surface area contributed by atoms with Gasteiger partial charge in [-0.05, 0) is 6.42 Å². The molecule has 0 radical (unpaired) electrons. The van der Waals surface area contributed by atoms with E-state index in [0.717, 1.165) is 12.1 Å². The Morgan fingerprint density at radius 1 is 1.44 bits per heavy atom. The van der Waals surface area contributed by atoms with Crippen LogP contribution in [-0.4, -0.2) is 11.1 Å². The monoisotopic (exact) mass is 230 g/mol. The van der Waals surface area contributed by atoms with Crippen LogP contribution in [0.3, 0.4) is 0 Å². The van der Waals surface area contributed by atoms with Crippen molar-refractivity contribution in [1.29, 1.82) is 0 Å². The van der Waals surface area contributed by atoms with Gasteiger partial charge in [-0.15, -0.1) is 0 Å². The van der Waals surface area contributed by atoms with Crippen molar-refractivity contribution in [3.63, 3.8) is 0 Å². The molecule has 3 nitrogen and oxygen atoms in total. The van der Waals surface area contributed by atoms with Crippen LogP contribution in [0.5, 0.6) is 11.5 Å². The van der Waals surface area contributed by atoms with Gasteiger partial charge in [0.25, 0.3) is 0 Å². The maximum absolute atomic E-state index is 12.9. The summed E-state index contributed by atoms with van der Waals surface area (Å²) in [5.74, 6) is -4.56. The van der Waals surface area contributed by atoms with Gasteiger partial charge in [0.2, 0.25) is 0 Å². The van der Waals surface area contributed by atoms with Crippen molar-refractivity contribution in [2.24, 2.45) is 5.92 Å². The van der Waals surface area contributed by atoms with Gasteiger partial charge in [-0.3, -0.25) is 4.79 Å². The van der Waals surface area contributed by atoms with E-state index in [1.54, 1.807) is 13.8 Å². The molecule has 0 fully saturated rings. The molecule has 0 aromatic heterocycles. The Morgan fingerprint density at radius 2 is 1.94 bits per heavy atom. The summed E-state index contributed by atoms with van der Waals surface area (Å²) < 4.78 is 30.5. The molecule has 88 valence electrons. The van der Waals surface area contributed by atoms with Crippen LogP contribution in [0.15, 0.2) is 12.1 Å². The fraction of sp³-hybridized carbons (Fsp3) is 0.364. The van der Waals surface area contributed by atoms with Crippen LogP contribution in [-0.2, 0) is 4.79 Å². The number of phenolic OH excluding ortho intramolecular Hbond substituents is 1. The molecular weight excluding hydrogens is 218 g/mol. The maximum atomic E-state index is 12.9. The highest BCUT2D eigenvalue weighted by Crippen LogP contribution is 2.26. The van der Waals surface area contributed by atoms with Gasteiger partial charge >= 0.3 is 5.97 Å². The average molecular weight is 230 g/mol. The molecule has 1 unspecified atom stereocenters. The van der Waals surface area contributed by atoms with Gasteiger partial charge in [0.1, 0.15) is 5.75 Å². The molecule has 0 bridgehead atoms. The van der Waals surface area contributed by atoms with E-state index >= 15 is 0 Å². The summed E-state index contributed by atoms with van der Waals surface area (Å²) in [4.78, 5) is 11.3. The lowest BCUT2D eigenvalue weighted by Crippen LogP contribution is -2.17. The van der Waals surface area contributed by atoms with Crippen molar-refractivity contribution >= 4 is 5.97 Å². The first-order valence-electron chi connectivity index (χ1n) is 4.85. The summed E-state index contributed by atoms with van der Waals surface area (Å²) in [6, 6.07) is 1.53. The van der Waals surface area contributed by atoms with Crippen LogP contribution in [0.25, 0.3) is 0 Å². The molecule has 1 aromatic carbocycles. The van der Waals surface area contributed by atoms with Crippen LogP contribution >= 0.6 is 0 Å². The SMILES string of the molecule is CCC(C)C(=O)Oc1cc(F)c(O)c(F)c1. The summed E-state index contributed by atoms with van der Waals surface area (Å²) in [7, 11) is 0. The standard InChI is InChI=1S/C11H12F2O3/c1-3-6(2)11(15)16-7-4-8(12)10(14)9(13)5-7/h4-6,14H,3H2,1-2H3. The molecule has 0 aliphatic carbocycles. The molecule has 0 amide bonds. The van der Waals surface area contributed by atoms with Gasteiger partial charge in [0, 0.05) is 12.1 Å². The third-order valence-corrected chi connectivity index (χ3v) is 2.22. The van der Waals surface area contributed by atoms with Crippen LogP contribution in [0.1, 0.15) is 20.3 Å². The number of carbonyl (C=O) groups is 1. The minimum absolute atomic E-state index is 0.252. The maximum Gasteiger partial charge on any atom is 0.314 e. The molecule has 1 aromatic rings. The zero-order valence-corrected chi connectivity index (χ0v) is 8.96. The van der Waals surface area contributed by atoms with Gasteiger partial charge in [0.05, 0.1) is 5.92 Å². The minimum atomic E-state index is -1.16. The number of rotatable bonds is 3. The normalized spacial score (nSPS) is 12.2. The number of hydrogen-bond donors (Lipinski definition) is 1. The lowest BCUT2D eigenvalue weighted by atomic mass is 10.1. The quantitative estimate of drug-likeness (QED) is 0.641. The van der Waals surface area contributed by atoms with Gasteiger partial charge < -0.3 is 9.84 Å². The van der Waals surface area contributed by atoms with E-state index in [1.807, 2.05) is 0 Å². The zero-order valence-electron chi connectivity index (χ0n) is 8.96. The fourth-order valence-corrected chi connectivity index (χ4v) is 0.985. The highest BCUT2D eigenvalue weighted by molar-refractivity contribution is 5.74. The first-order chi connectivity index (χ1) is 7.45. The first-order valence-corrected chi connectivity index (χ1v) is 4.85. The average Bonchev–Trinajstić information content (AvgIpc) is 2.24. The van der Waals surface area contributed by atoms with Crippen LogP contribution in [0, 0.1) is 17.6 Å². The number of halogens is 2. The van der Waals surface area contributed by atoms with Crippen molar-refractivity contribution in [3.8, 4) is 11.5 Å². The second-order valence-corrected chi connectivity index (χ2v) is 3.47. The highest BCUT2D eigenvalue weighted by atomic mass is 19.1. The molecule has 0 aliphatic heterocycles. The summed E-state index contributed by atoms with van der Waals surface area (Å²) in [6.07, 6.45) is 0.571. The topological polar surface area (TPSA) is 46.5 Å². The van der Waals surface area contributed by atoms with E-state index in [2.05, 4.69) is 0 Å². The molecule has 1 N–H and O–H groups in total. The predicted molar refractivity (Wildman–Crippen MR) is 53.1 cm³/mol. The number of carbonyl (C=O) groups excluding carboxylic acids is 1. The Balaban J connectivity index is 2.87. The first kappa shape index (κ1) is 12.4. The second kappa shape index (κ2) is 4.92. The Labute approximate surface area is 91.7 Å². The molecule has 0 saturated heterocycles. The van der Waals surface area contributed by atoms with Crippen molar-refractivity contribution < 1.29 is 23.4 Å².